The van der Waals surface area contributed by atoms with Crippen LogP contribution in [0.4, 0.5) is 0 Å². The van der Waals surface area contributed by atoms with Crippen LogP contribution in [0.2, 0.25) is 0 Å². The number of carbonyl (C=O) groups excluding carboxylic acids is 1. The van der Waals surface area contributed by atoms with Crippen LogP contribution in [0.25, 0.3) is 0 Å². The van der Waals surface area contributed by atoms with Crippen molar-refractivity contribution in [2.75, 3.05) is 14.2 Å². The van der Waals surface area contributed by atoms with Gasteiger partial charge in [-0.1, -0.05) is 18.9 Å². The Kier molecular flexibility index (Phi) is 5.34. The summed E-state index contributed by atoms with van der Waals surface area (Å²) in [5.41, 5.74) is 0.254. The number of methoxy groups -OCH3 is 2. The minimum atomic E-state index is -0.545. The Labute approximate surface area is 169 Å². The summed E-state index contributed by atoms with van der Waals surface area (Å²) in [4.78, 5) is 25.3. The Morgan fingerprint density at radius 3 is 2.69 bits per heavy atom. The fourth-order valence-electron chi connectivity index (χ4n) is 4.73. The first kappa shape index (κ1) is 19.5. The number of nitrogens with one attached hydrogen (secondary N) is 2. The van der Waals surface area contributed by atoms with Crippen molar-refractivity contribution in [2.45, 2.75) is 62.9 Å². The predicted octanol–water partition coefficient (Wildman–Crippen LogP) is 1.92. The number of H-pyrrole nitrogens is 1. The lowest BCUT2D eigenvalue weighted by atomic mass is 9.77. The maximum atomic E-state index is 13.5. The van der Waals surface area contributed by atoms with Gasteiger partial charge in [-0.05, 0) is 43.4 Å². The fourth-order valence-corrected chi connectivity index (χ4v) is 4.73. The second kappa shape index (κ2) is 7.93. The summed E-state index contributed by atoms with van der Waals surface area (Å²) < 4.78 is 12.5. The molecule has 156 valence electrons. The number of carbonyl (C=O) groups is 1. The first-order chi connectivity index (χ1) is 14.1. The Morgan fingerprint density at radius 2 is 1.97 bits per heavy atom. The minimum Gasteiger partial charge on any atom is -0.493 e. The van der Waals surface area contributed by atoms with E-state index >= 15 is 0 Å². The summed E-state index contributed by atoms with van der Waals surface area (Å²) in [5.74, 6) is 2.14. The van der Waals surface area contributed by atoms with Crippen LogP contribution in [-0.2, 0) is 23.2 Å². The van der Waals surface area contributed by atoms with Crippen LogP contribution >= 0.6 is 0 Å². The number of aromatic amines is 1. The van der Waals surface area contributed by atoms with Gasteiger partial charge >= 0.3 is 5.69 Å². The molecule has 4 rings (SSSR count). The van der Waals surface area contributed by atoms with E-state index in [0.29, 0.717) is 24.5 Å². The van der Waals surface area contributed by atoms with Gasteiger partial charge in [0.15, 0.2) is 11.5 Å². The molecule has 8 nitrogen and oxygen atoms in total. The number of fused-ring (bicyclic) bond motifs is 1. The van der Waals surface area contributed by atoms with Gasteiger partial charge in [0, 0.05) is 19.0 Å². The van der Waals surface area contributed by atoms with Crippen LogP contribution in [0.5, 0.6) is 11.5 Å². The highest BCUT2D eigenvalue weighted by molar-refractivity contribution is 5.89. The van der Waals surface area contributed by atoms with E-state index in [2.05, 4.69) is 15.5 Å². The smallest absolute Gasteiger partial charge is 0.343 e. The monoisotopic (exact) mass is 400 g/mol. The van der Waals surface area contributed by atoms with E-state index in [1.54, 1.807) is 18.8 Å². The Bertz CT molecular complexity index is 942. The number of hydrogen-bond donors (Lipinski definition) is 2. The SMILES string of the molecule is COc1ccc(C2(C(=O)NC3CCc4n[nH]c(=O)n4CC3)CCCC2)cc1OC. The lowest BCUT2D eigenvalue weighted by molar-refractivity contribution is -0.127. The van der Waals surface area contributed by atoms with Crippen LogP contribution in [-0.4, -0.2) is 40.9 Å². The summed E-state index contributed by atoms with van der Waals surface area (Å²) in [6, 6.07) is 5.82. The number of amides is 1. The molecule has 1 amide bonds. The molecule has 1 aliphatic heterocycles. The van der Waals surface area contributed by atoms with Gasteiger partial charge in [0.2, 0.25) is 5.91 Å². The molecule has 1 unspecified atom stereocenters. The number of aryl methyl sites for hydroxylation is 1. The summed E-state index contributed by atoms with van der Waals surface area (Å²) in [6.07, 6.45) is 5.87. The molecule has 0 bridgehead atoms. The maximum Gasteiger partial charge on any atom is 0.343 e. The summed E-state index contributed by atoms with van der Waals surface area (Å²) in [7, 11) is 3.22. The van der Waals surface area contributed by atoms with Crippen LogP contribution in [0.3, 0.4) is 0 Å². The van der Waals surface area contributed by atoms with Gasteiger partial charge in [-0.15, -0.1) is 0 Å². The summed E-state index contributed by atoms with van der Waals surface area (Å²) in [5, 5.41) is 9.88. The highest BCUT2D eigenvalue weighted by Gasteiger charge is 2.43. The van der Waals surface area contributed by atoms with Gasteiger partial charge in [0.1, 0.15) is 5.82 Å². The van der Waals surface area contributed by atoms with Crippen molar-refractivity contribution in [1.29, 1.82) is 0 Å². The quantitative estimate of drug-likeness (QED) is 0.799. The van der Waals surface area contributed by atoms with Crippen LogP contribution in [0, 0.1) is 0 Å². The van der Waals surface area contributed by atoms with Gasteiger partial charge in [-0.25, -0.2) is 9.89 Å². The number of aromatic nitrogens is 3. The second-order valence-electron chi connectivity index (χ2n) is 7.95. The van der Waals surface area contributed by atoms with Gasteiger partial charge in [0.25, 0.3) is 0 Å². The van der Waals surface area contributed by atoms with Crippen molar-refractivity contribution in [2.24, 2.45) is 0 Å². The summed E-state index contributed by atoms with van der Waals surface area (Å²) in [6.45, 7) is 0.568. The lowest BCUT2D eigenvalue weighted by Crippen LogP contribution is -2.47. The molecule has 1 aliphatic carbocycles. The zero-order chi connectivity index (χ0) is 20.4. The first-order valence-corrected chi connectivity index (χ1v) is 10.2. The molecule has 2 heterocycles. The van der Waals surface area contributed by atoms with E-state index in [4.69, 9.17) is 9.47 Å². The van der Waals surface area contributed by atoms with Gasteiger partial charge in [0.05, 0.1) is 19.6 Å². The van der Waals surface area contributed by atoms with Crippen molar-refractivity contribution in [3.63, 3.8) is 0 Å². The third-order valence-corrected chi connectivity index (χ3v) is 6.42. The summed E-state index contributed by atoms with van der Waals surface area (Å²) >= 11 is 0. The number of ether oxygens (including phenoxy) is 2. The molecule has 2 aliphatic rings. The zero-order valence-electron chi connectivity index (χ0n) is 17.0. The molecule has 0 radical (unpaired) electrons. The van der Waals surface area contributed by atoms with E-state index in [1.807, 2.05) is 18.2 Å². The Hall–Kier alpha value is -2.77. The van der Waals surface area contributed by atoms with Crippen molar-refractivity contribution in [1.82, 2.24) is 20.1 Å². The largest absolute Gasteiger partial charge is 0.493 e. The first-order valence-electron chi connectivity index (χ1n) is 10.2. The van der Waals surface area contributed by atoms with Crippen molar-refractivity contribution < 1.29 is 14.3 Å². The van der Waals surface area contributed by atoms with Crippen LogP contribution in [0.1, 0.15) is 49.9 Å². The molecule has 29 heavy (non-hydrogen) atoms. The van der Waals surface area contributed by atoms with E-state index in [0.717, 1.165) is 49.9 Å². The highest BCUT2D eigenvalue weighted by atomic mass is 16.5. The third kappa shape index (κ3) is 3.52. The molecule has 1 fully saturated rings. The number of rotatable bonds is 5. The zero-order valence-corrected chi connectivity index (χ0v) is 17.0. The van der Waals surface area contributed by atoms with Gasteiger partial charge < -0.3 is 14.8 Å². The molecule has 1 aromatic carbocycles. The van der Waals surface area contributed by atoms with Crippen LogP contribution < -0.4 is 20.5 Å². The Morgan fingerprint density at radius 1 is 1.21 bits per heavy atom. The van der Waals surface area contributed by atoms with Crippen LogP contribution in [0.15, 0.2) is 23.0 Å². The maximum absolute atomic E-state index is 13.5. The third-order valence-electron chi connectivity index (χ3n) is 6.42. The van der Waals surface area contributed by atoms with E-state index < -0.39 is 5.41 Å². The molecule has 2 aromatic rings. The number of hydrogen-bond acceptors (Lipinski definition) is 5. The molecule has 1 saturated carbocycles. The topological polar surface area (TPSA) is 98.2 Å². The molecule has 8 heteroatoms. The average Bonchev–Trinajstić information content (AvgIpc) is 3.32. The average molecular weight is 400 g/mol. The van der Waals surface area contributed by atoms with Crippen molar-refractivity contribution >= 4 is 5.91 Å². The molecule has 1 aromatic heterocycles. The van der Waals surface area contributed by atoms with Crippen molar-refractivity contribution in [3.05, 3.63) is 40.1 Å². The molecule has 2 N–H and O–H groups in total. The predicted molar refractivity (Wildman–Crippen MR) is 107 cm³/mol. The van der Waals surface area contributed by atoms with Gasteiger partial charge in [-0.2, -0.15) is 5.10 Å². The molecular weight excluding hydrogens is 372 g/mol. The normalized spacial score (nSPS) is 20.6. The minimum absolute atomic E-state index is 0.0289. The Balaban J connectivity index is 1.54. The standard InChI is InChI=1S/C21H28N4O4/c1-28-16-7-5-14(13-17(16)29-2)21(10-3-4-11-21)19(26)22-15-6-8-18-23-24-20(27)25(18)12-9-15/h5,7,13,15H,3-4,6,8-12H2,1-2H3,(H,22,26)(H,24,27). The van der Waals surface area contributed by atoms with E-state index in [9.17, 15) is 9.59 Å². The van der Waals surface area contributed by atoms with E-state index in [-0.39, 0.29) is 17.6 Å². The second-order valence-corrected chi connectivity index (χ2v) is 7.95. The number of benzene rings is 1. The molecule has 1 atom stereocenters. The molecular formula is C21H28N4O4. The van der Waals surface area contributed by atoms with E-state index in [1.165, 1.54) is 0 Å². The number of nitrogens with zero attached hydrogens (tertiary/aromatic N) is 2. The molecule has 0 saturated heterocycles. The molecule has 0 spiro atoms. The van der Waals surface area contributed by atoms with Gasteiger partial charge in [-0.3, -0.25) is 9.36 Å². The lowest BCUT2D eigenvalue weighted by Gasteiger charge is -2.31. The fraction of sp³-hybridized carbons (Fsp3) is 0.571. The highest BCUT2D eigenvalue weighted by Crippen LogP contribution is 2.44. The van der Waals surface area contributed by atoms with Crippen molar-refractivity contribution in [3.8, 4) is 11.5 Å².